The molecule has 1 aromatic carbocycles. The van der Waals surface area contributed by atoms with Crippen molar-refractivity contribution in [1.29, 1.82) is 0 Å². The average Bonchev–Trinajstić information content (AvgIpc) is 2.49. The van der Waals surface area contributed by atoms with Crippen LogP contribution in [0.3, 0.4) is 0 Å². The van der Waals surface area contributed by atoms with Gasteiger partial charge >= 0.3 is 0 Å². The van der Waals surface area contributed by atoms with Crippen molar-refractivity contribution in [2.45, 2.75) is 25.0 Å². The first-order chi connectivity index (χ1) is 9.69. The molecule has 20 heavy (non-hydrogen) atoms. The van der Waals surface area contributed by atoms with Gasteiger partial charge in [0.2, 0.25) is 0 Å². The van der Waals surface area contributed by atoms with Gasteiger partial charge < -0.3 is 15.2 Å². The number of nitrogens with two attached hydrogens (primary N) is 1. The number of benzene rings is 1. The van der Waals surface area contributed by atoms with Crippen LogP contribution in [0, 0.1) is 0 Å². The summed E-state index contributed by atoms with van der Waals surface area (Å²) < 4.78 is 10.6. The van der Waals surface area contributed by atoms with Gasteiger partial charge in [0.25, 0.3) is 0 Å². The number of hydrogen-bond donors (Lipinski definition) is 1. The quantitative estimate of drug-likeness (QED) is 0.907. The van der Waals surface area contributed by atoms with Crippen LogP contribution >= 0.6 is 11.6 Å². The molecule has 2 rings (SSSR count). The van der Waals surface area contributed by atoms with E-state index in [2.05, 4.69) is 4.90 Å². The molecule has 0 amide bonds. The van der Waals surface area contributed by atoms with Gasteiger partial charge in [-0.3, -0.25) is 4.90 Å². The summed E-state index contributed by atoms with van der Waals surface area (Å²) in [4.78, 5) is 2.41. The van der Waals surface area contributed by atoms with E-state index >= 15 is 0 Å². The first-order valence-corrected chi connectivity index (χ1v) is 7.37. The molecule has 0 spiro atoms. The van der Waals surface area contributed by atoms with Crippen molar-refractivity contribution in [2.24, 2.45) is 5.73 Å². The highest BCUT2D eigenvalue weighted by atomic mass is 35.5. The van der Waals surface area contributed by atoms with Crippen LogP contribution in [0.4, 0.5) is 0 Å². The van der Waals surface area contributed by atoms with E-state index in [1.807, 2.05) is 18.2 Å². The summed E-state index contributed by atoms with van der Waals surface area (Å²) in [5.74, 6) is 0.698. The maximum atomic E-state index is 6.21. The molecule has 1 aliphatic heterocycles. The Morgan fingerprint density at radius 1 is 1.35 bits per heavy atom. The summed E-state index contributed by atoms with van der Waals surface area (Å²) in [5, 5.41) is 0.634. The molecule has 1 unspecified atom stereocenters. The lowest BCUT2D eigenvalue weighted by Crippen LogP contribution is -2.41. The van der Waals surface area contributed by atoms with E-state index in [0.29, 0.717) is 23.4 Å². The molecular formula is C15H23ClN2O2. The lowest BCUT2D eigenvalue weighted by molar-refractivity contribution is 0.0280. The Morgan fingerprint density at radius 2 is 2.05 bits per heavy atom. The Labute approximate surface area is 125 Å². The average molecular weight is 299 g/mol. The van der Waals surface area contributed by atoms with Crippen molar-refractivity contribution in [1.82, 2.24) is 4.90 Å². The Balaban J connectivity index is 2.10. The van der Waals surface area contributed by atoms with Crippen molar-refractivity contribution in [2.75, 3.05) is 33.9 Å². The molecule has 112 valence electrons. The molecule has 0 radical (unpaired) electrons. The lowest BCUT2D eigenvalue weighted by atomic mass is 10.0. The molecule has 0 bridgehead atoms. The number of methoxy groups -OCH3 is 2. The summed E-state index contributed by atoms with van der Waals surface area (Å²) in [6.45, 7) is 2.59. The Bertz CT molecular complexity index is 434. The minimum Gasteiger partial charge on any atom is -0.495 e. The van der Waals surface area contributed by atoms with E-state index in [4.69, 9.17) is 26.8 Å². The van der Waals surface area contributed by atoms with Crippen molar-refractivity contribution in [3.63, 3.8) is 0 Å². The fourth-order valence-corrected chi connectivity index (χ4v) is 3.08. The topological polar surface area (TPSA) is 47.7 Å². The predicted molar refractivity (Wildman–Crippen MR) is 81.4 cm³/mol. The van der Waals surface area contributed by atoms with Crippen LogP contribution in [0.5, 0.6) is 5.75 Å². The number of piperidine rings is 1. The molecule has 1 saturated heterocycles. The first kappa shape index (κ1) is 15.6. The fraction of sp³-hybridized carbons (Fsp3) is 0.600. The highest BCUT2D eigenvalue weighted by molar-refractivity contribution is 6.32. The summed E-state index contributed by atoms with van der Waals surface area (Å²) >= 11 is 6.21. The van der Waals surface area contributed by atoms with Gasteiger partial charge in [0.15, 0.2) is 0 Å². The standard InChI is InChI=1S/C15H23ClN2O2/c1-19-12-5-7-18(8-6-12)14(10-17)11-3-4-15(20-2)13(16)9-11/h3-4,9,12,14H,5-8,10,17H2,1-2H3. The molecule has 1 fully saturated rings. The number of hydrogen-bond acceptors (Lipinski definition) is 4. The molecule has 0 aromatic heterocycles. The Kier molecular flexibility index (Phi) is 5.66. The fourth-order valence-electron chi connectivity index (χ4n) is 2.81. The molecular weight excluding hydrogens is 276 g/mol. The number of likely N-dealkylation sites (tertiary alicyclic amines) is 1. The van der Waals surface area contributed by atoms with Gasteiger partial charge in [-0.2, -0.15) is 0 Å². The SMILES string of the molecule is COc1ccc(C(CN)N2CCC(OC)CC2)cc1Cl. The number of ether oxygens (including phenoxy) is 2. The van der Waals surface area contributed by atoms with E-state index in [9.17, 15) is 0 Å². The van der Waals surface area contributed by atoms with Crippen LogP contribution < -0.4 is 10.5 Å². The third kappa shape index (κ3) is 3.44. The first-order valence-electron chi connectivity index (χ1n) is 7.00. The van der Waals surface area contributed by atoms with Crippen LogP contribution in [-0.2, 0) is 4.74 Å². The van der Waals surface area contributed by atoms with Gasteiger partial charge in [-0.25, -0.2) is 0 Å². The molecule has 5 heteroatoms. The molecule has 0 aliphatic carbocycles. The van der Waals surface area contributed by atoms with E-state index in [1.165, 1.54) is 0 Å². The van der Waals surface area contributed by atoms with Gasteiger partial charge in [-0.1, -0.05) is 17.7 Å². The number of nitrogens with zero attached hydrogens (tertiary/aromatic N) is 1. The number of rotatable bonds is 5. The summed E-state index contributed by atoms with van der Waals surface area (Å²) in [6.07, 6.45) is 2.48. The second kappa shape index (κ2) is 7.27. The third-order valence-corrected chi connectivity index (χ3v) is 4.33. The summed E-state index contributed by atoms with van der Waals surface area (Å²) in [7, 11) is 3.40. The minimum absolute atomic E-state index is 0.205. The maximum absolute atomic E-state index is 6.21. The van der Waals surface area contributed by atoms with Gasteiger partial charge in [0.05, 0.1) is 18.2 Å². The second-order valence-electron chi connectivity index (χ2n) is 5.12. The normalized spacial score (nSPS) is 19.0. The Hall–Kier alpha value is -0.810. The van der Waals surface area contributed by atoms with E-state index in [0.717, 1.165) is 31.5 Å². The highest BCUT2D eigenvalue weighted by Gasteiger charge is 2.25. The summed E-state index contributed by atoms with van der Waals surface area (Å²) in [5.41, 5.74) is 7.12. The van der Waals surface area contributed by atoms with Crippen LogP contribution in [0.1, 0.15) is 24.4 Å². The predicted octanol–water partition coefficient (Wildman–Crippen LogP) is 2.46. The molecule has 1 aromatic rings. The minimum atomic E-state index is 0.205. The van der Waals surface area contributed by atoms with Gasteiger partial charge in [-0.15, -0.1) is 0 Å². The number of halogens is 1. The largest absolute Gasteiger partial charge is 0.495 e. The Morgan fingerprint density at radius 3 is 2.55 bits per heavy atom. The third-order valence-electron chi connectivity index (χ3n) is 4.03. The van der Waals surface area contributed by atoms with Crippen molar-refractivity contribution >= 4 is 11.6 Å². The maximum Gasteiger partial charge on any atom is 0.137 e. The van der Waals surface area contributed by atoms with Crippen LogP contribution in [-0.4, -0.2) is 44.9 Å². The molecule has 1 heterocycles. The van der Waals surface area contributed by atoms with Crippen LogP contribution in [0.2, 0.25) is 5.02 Å². The van der Waals surface area contributed by atoms with Crippen molar-refractivity contribution in [3.8, 4) is 5.75 Å². The lowest BCUT2D eigenvalue weighted by Gasteiger charge is -2.37. The molecule has 2 N–H and O–H groups in total. The highest BCUT2D eigenvalue weighted by Crippen LogP contribution is 2.31. The van der Waals surface area contributed by atoms with Crippen molar-refractivity contribution in [3.05, 3.63) is 28.8 Å². The monoisotopic (exact) mass is 298 g/mol. The molecule has 1 aliphatic rings. The van der Waals surface area contributed by atoms with Crippen molar-refractivity contribution < 1.29 is 9.47 Å². The molecule has 0 saturated carbocycles. The van der Waals surface area contributed by atoms with E-state index < -0.39 is 0 Å². The van der Waals surface area contributed by atoms with Crippen LogP contribution in [0.25, 0.3) is 0 Å². The zero-order valence-corrected chi connectivity index (χ0v) is 12.9. The van der Waals surface area contributed by atoms with E-state index in [-0.39, 0.29) is 6.04 Å². The van der Waals surface area contributed by atoms with Gasteiger partial charge in [0, 0.05) is 32.8 Å². The van der Waals surface area contributed by atoms with Crippen LogP contribution in [0.15, 0.2) is 18.2 Å². The zero-order chi connectivity index (χ0) is 14.5. The van der Waals surface area contributed by atoms with E-state index in [1.54, 1.807) is 14.2 Å². The zero-order valence-electron chi connectivity index (χ0n) is 12.1. The van der Waals surface area contributed by atoms with Gasteiger partial charge in [-0.05, 0) is 30.5 Å². The molecule has 4 nitrogen and oxygen atoms in total. The van der Waals surface area contributed by atoms with Gasteiger partial charge in [0.1, 0.15) is 5.75 Å². The smallest absolute Gasteiger partial charge is 0.137 e. The second-order valence-corrected chi connectivity index (χ2v) is 5.52. The molecule has 1 atom stereocenters. The summed E-state index contributed by atoms with van der Waals surface area (Å²) in [6, 6.07) is 6.11.